The number of guanidine groups is 1. The Morgan fingerprint density at radius 2 is 1.90 bits per heavy atom. The van der Waals surface area contributed by atoms with Gasteiger partial charge in [-0.2, -0.15) is 0 Å². The Balaban J connectivity index is 0.00000320. The van der Waals surface area contributed by atoms with E-state index >= 15 is 0 Å². The predicted octanol–water partition coefficient (Wildman–Crippen LogP) is 3.26. The van der Waals surface area contributed by atoms with Crippen molar-refractivity contribution in [1.82, 2.24) is 15.5 Å². The van der Waals surface area contributed by atoms with Crippen LogP contribution in [0.2, 0.25) is 0 Å². The number of aliphatic imine (C=N–C) groups is 1. The molecular weight excluding hydrogens is 491 g/mol. The molecule has 2 fully saturated rings. The number of nitrogens with zero attached hydrogens (tertiary/aromatic N) is 2. The first kappa shape index (κ1) is 25.2. The summed E-state index contributed by atoms with van der Waals surface area (Å²) in [5.41, 5.74) is 1.39. The van der Waals surface area contributed by atoms with Gasteiger partial charge in [0.05, 0.1) is 7.11 Å². The minimum Gasteiger partial charge on any atom is -0.497 e. The molecule has 2 heterocycles. The van der Waals surface area contributed by atoms with Gasteiger partial charge in [0.2, 0.25) is 0 Å². The second-order valence-corrected chi connectivity index (χ2v) is 8.82. The fraction of sp³-hybridized carbons (Fsp3) is 0.696. The van der Waals surface area contributed by atoms with Gasteiger partial charge in [-0.15, -0.1) is 24.0 Å². The third kappa shape index (κ3) is 6.01. The van der Waals surface area contributed by atoms with Crippen molar-refractivity contribution in [3.63, 3.8) is 0 Å². The normalized spacial score (nSPS) is 24.4. The molecular formula is C23H39IN4O2. The van der Waals surface area contributed by atoms with E-state index in [9.17, 15) is 0 Å². The van der Waals surface area contributed by atoms with Crippen molar-refractivity contribution in [3.8, 4) is 5.75 Å². The zero-order valence-electron chi connectivity index (χ0n) is 19.1. The highest BCUT2D eigenvalue weighted by molar-refractivity contribution is 14.0. The second kappa shape index (κ2) is 11.5. The molecule has 0 aromatic heterocycles. The molecule has 0 spiro atoms. The van der Waals surface area contributed by atoms with Gasteiger partial charge in [-0.25, -0.2) is 0 Å². The van der Waals surface area contributed by atoms with Crippen molar-refractivity contribution in [1.29, 1.82) is 0 Å². The first-order valence-electron chi connectivity index (χ1n) is 10.9. The topological polar surface area (TPSA) is 58.1 Å². The standard InChI is InChI=1S/C23H38N4O2.HI/c1-17(2)27-14-18(3)21(15-27)26-22(24-4)25-16-23(10-12-29-13-11-23)19-6-8-20(28-5)9-7-19;/h6-9,17-18,21H,10-16H2,1-5H3,(H2,24,25,26);1H. The molecule has 30 heavy (non-hydrogen) atoms. The Hall–Kier alpha value is -1.06. The number of hydrogen-bond donors (Lipinski definition) is 2. The quantitative estimate of drug-likeness (QED) is 0.336. The van der Waals surface area contributed by atoms with E-state index in [1.54, 1.807) is 7.11 Å². The van der Waals surface area contributed by atoms with E-state index in [4.69, 9.17) is 9.47 Å². The van der Waals surface area contributed by atoms with Gasteiger partial charge in [0, 0.05) is 57.4 Å². The molecule has 2 N–H and O–H groups in total. The van der Waals surface area contributed by atoms with E-state index in [1.165, 1.54) is 5.56 Å². The highest BCUT2D eigenvalue weighted by atomic mass is 127. The number of rotatable bonds is 6. The van der Waals surface area contributed by atoms with Crippen LogP contribution in [0.5, 0.6) is 5.75 Å². The van der Waals surface area contributed by atoms with Crippen molar-refractivity contribution < 1.29 is 9.47 Å². The van der Waals surface area contributed by atoms with Gasteiger partial charge in [-0.1, -0.05) is 19.1 Å². The molecule has 7 heteroatoms. The molecule has 2 atom stereocenters. The van der Waals surface area contributed by atoms with Crippen LogP contribution in [0.4, 0.5) is 0 Å². The molecule has 6 nitrogen and oxygen atoms in total. The summed E-state index contributed by atoms with van der Waals surface area (Å²) in [4.78, 5) is 7.05. The van der Waals surface area contributed by atoms with Crippen LogP contribution in [0, 0.1) is 5.92 Å². The van der Waals surface area contributed by atoms with E-state index in [0.717, 1.165) is 57.4 Å². The Labute approximate surface area is 199 Å². The van der Waals surface area contributed by atoms with Crippen LogP contribution in [0.3, 0.4) is 0 Å². The Morgan fingerprint density at radius 1 is 1.23 bits per heavy atom. The zero-order chi connectivity index (χ0) is 20.9. The van der Waals surface area contributed by atoms with Crippen LogP contribution in [0.15, 0.2) is 29.3 Å². The lowest BCUT2D eigenvalue weighted by atomic mass is 9.74. The summed E-state index contributed by atoms with van der Waals surface area (Å²) < 4.78 is 11.0. The lowest BCUT2D eigenvalue weighted by molar-refractivity contribution is 0.0513. The van der Waals surface area contributed by atoms with Gasteiger partial charge < -0.3 is 20.1 Å². The summed E-state index contributed by atoms with van der Waals surface area (Å²) in [6.07, 6.45) is 2.01. The highest BCUT2D eigenvalue weighted by Crippen LogP contribution is 2.35. The lowest BCUT2D eigenvalue weighted by Crippen LogP contribution is -2.51. The maximum Gasteiger partial charge on any atom is 0.191 e. The molecule has 2 unspecified atom stereocenters. The molecule has 1 aromatic carbocycles. The molecule has 2 aliphatic rings. The van der Waals surface area contributed by atoms with Gasteiger partial charge >= 0.3 is 0 Å². The third-order valence-electron chi connectivity index (χ3n) is 6.66. The minimum absolute atomic E-state index is 0. The maximum atomic E-state index is 5.68. The Bertz CT molecular complexity index is 674. The molecule has 0 aliphatic carbocycles. The van der Waals surface area contributed by atoms with E-state index in [0.29, 0.717) is 18.0 Å². The van der Waals surface area contributed by atoms with E-state index < -0.39 is 0 Å². The van der Waals surface area contributed by atoms with Crippen LogP contribution in [-0.2, 0) is 10.2 Å². The lowest BCUT2D eigenvalue weighted by Gasteiger charge is -2.38. The summed E-state index contributed by atoms with van der Waals surface area (Å²) in [6, 6.07) is 9.51. The third-order valence-corrected chi connectivity index (χ3v) is 6.66. The van der Waals surface area contributed by atoms with E-state index in [2.05, 4.69) is 65.6 Å². The monoisotopic (exact) mass is 530 g/mol. The number of likely N-dealkylation sites (tertiary alicyclic amines) is 1. The van der Waals surface area contributed by atoms with Gasteiger partial charge in [0.25, 0.3) is 0 Å². The van der Waals surface area contributed by atoms with E-state index in [1.807, 2.05) is 7.05 Å². The summed E-state index contributed by atoms with van der Waals surface area (Å²) in [7, 11) is 3.57. The van der Waals surface area contributed by atoms with Gasteiger partial charge in [-0.05, 0) is 50.3 Å². The number of methoxy groups -OCH3 is 1. The van der Waals surface area contributed by atoms with Crippen LogP contribution < -0.4 is 15.4 Å². The number of halogens is 1. The average Bonchev–Trinajstić information content (AvgIpc) is 3.12. The van der Waals surface area contributed by atoms with E-state index in [-0.39, 0.29) is 29.4 Å². The molecule has 0 radical (unpaired) electrons. The smallest absolute Gasteiger partial charge is 0.191 e. The summed E-state index contributed by atoms with van der Waals surface area (Å²) in [5, 5.41) is 7.30. The van der Waals surface area contributed by atoms with Crippen molar-refractivity contribution in [2.75, 3.05) is 47.0 Å². The first-order valence-corrected chi connectivity index (χ1v) is 10.9. The van der Waals surface area contributed by atoms with Gasteiger partial charge in [0.1, 0.15) is 5.75 Å². The van der Waals surface area contributed by atoms with Crippen molar-refractivity contribution in [2.45, 2.75) is 51.1 Å². The van der Waals surface area contributed by atoms with Crippen LogP contribution in [0.1, 0.15) is 39.2 Å². The molecule has 0 bridgehead atoms. The molecule has 3 rings (SSSR count). The average molecular weight is 530 g/mol. The van der Waals surface area contributed by atoms with Crippen molar-refractivity contribution >= 4 is 29.9 Å². The SMILES string of the molecule is CN=C(NCC1(c2ccc(OC)cc2)CCOCC1)NC1CN(C(C)C)CC1C.I. The van der Waals surface area contributed by atoms with Gasteiger partial charge in [0.15, 0.2) is 5.96 Å². The molecule has 0 amide bonds. The number of ether oxygens (including phenoxy) is 2. The summed E-state index contributed by atoms with van der Waals surface area (Å²) >= 11 is 0. The van der Waals surface area contributed by atoms with Crippen molar-refractivity contribution in [3.05, 3.63) is 29.8 Å². The fourth-order valence-corrected chi connectivity index (χ4v) is 4.51. The highest BCUT2D eigenvalue weighted by Gasteiger charge is 2.36. The first-order chi connectivity index (χ1) is 14.0. The molecule has 0 saturated carbocycles. The molecule has 170 valence electrons. The van der Waals surface area contributed by atoms with Crippen LogP contribution in [0.25, 0.3) is 0 Å². The Morgan fingerprint density at radius 3 is 2.43 bits per heavy atom. The molecule has 1 aromatic rings. The molecule has 2 aliphatic heterocycles. The van der Waals surface area contributed by atoms with Crippen LogP contribution >= 0.6 is 24.0 Å². The second-order valence-electron chi connectivity index (χ2n) is 8.82. The number of hydrogen-bond acceptors (Lipinski definition) is 4. The minimum atomic E-state index is 0. The largest absolute Gasteiger partial charge is 0.497 e. The molecule has 2 saturated heterocycles. The van der Waals surface area contributed by atoms with Crippen LogP contribution in [-0.4, -0.2) is 69.9 Å². The Kier molecular flexibility index (Phi) is 9.68. The zero-order valence-corrected chi connectivity index (χ0v) is 21.4. The summed E-state index contributed by atoms with van der Waals surface area (Å²) in [5.74, 6) is 2.40. The predicted molar refractivity (Wildman–Crippen MR) is 134 cm³/mol. The number of nitrogens with one attached hydrogen (secondary N) is 2. The number of benzene rings is 1. The van der Waals surface area contributed by atoms with Gasteiger partial charge in [-0.3, -0.25) is 9.89 Å². The van der Waals surface area contributed by atoms with Crippen molar-refractivity contribution in [2.24, 2.45) is 10.9 Å². The maximum absolute atomic E-state index is 5.68. The fourth-order valence-electron chi connectivity index (χ4n) is 4.51. The summed E-state index contributed by atoms with van der Waals surface area (Å²) in [6.45, 7) is 11.5.